The molecular formula is C11H15NO3S2. The zero-order valence-electron chi connectivity index (χ0n) is 9.94. The molecular weight excluding hydrogens is 258 g/mol. The van der Waals surface area contributed by atoms with E-state index in [1.54, 1.807) is 24.8 Å². The lowest BCUT2D eigenvalue weighted by Gasteiger charge is -2.04. The van der Waals surface area contributed by atoms with Crippen LogP contribution in [-0.2, 0) is 4.79 Å². The van der Waals surface area contributed by atoms with Crippen LogP contribution in [-0.4, -0.2) is 28.0 Å². The van der Waals surface area contributed by atoms with E-state index in [0.717, 1.165) is 11.3 Å². The fourth-order valence-corrected chi connectivity index (χ4v) is 2.66. The van der Waals surface area contributed by atoms with Gasteiger partial charge in [0.15, 0.2) is 0 Å². The molecule has 0 fully saturated rings. The van der Waals surface area contributed by atoms with Gasteiger partial charge >= 0.3 is 5.97 Å². The third-order valence-corrected chi connectivity index (χ3v) is 4.16. The SMILES string of the molecule is Cc1cc(NC(=O)CSC(C)C)sc1C(=O)O. The highest BCUT2D eigenvalue weighted by molar-refractivity contribution is 8.00. The predicted molar refractivity (Wildman–Crippen MR) is 72.2 cm³/mol. The Bertz CT molecular complexity index is 426. The molecule has 1 aromatic heterocycles. The van der Waals surface area contributed by atoms with Crippen LogP contribution in [0.5, 0.6) is 0 Å². The van der Waals surface area contributed by atoms with Gasteiger partial charge in [-0.05, 0) is 23.8 Å². The van der Waals surface area contributed by atoms with Crippen molar-refractivity contribution in [1.82, 2.24) is 0 Å². The van der Waals surface area contributed by atoms with Gasteiger partial charge in [-0.15, -0.1) is 23.1 Å². The van der Waals surface area contributed by atoms with Crippen LogP contribution in [0, 0.1) is 6.92 Å². The van der Waals surface area contributed by atoms with Crippen LogP contribution in [0.4, 0.5) is 5.00 Å². The third-order valence-electron chi connectivity index (χ3n) is 1.92. The molecule has 0 saturated carbocycles. The Kier molecular flexibility index (Phi) is 5.02. The second kappa shape index (κ2) is 6.07. The van der Waals surface area contributed by atoms with E-state index in [-0.39, 0.29) is 10.8 Å². The number of nitrogens with one attached hydrogen (secondary N) is 1. The van der Waals surface area contributed by atoms with E-state index in [4.69, 9.17) is 5.11 Å². The summed E-state index contributed by atoms with van der Waals surface area (Å²) >= 11 is 2.64. The second-order valence-corrected chi connectivity index (χ2v) is 6.45. The number of anilines is 1. The molecule has 0 atom stereocenters. The predicted octanol–water partition coefficient (Wildman–Crippen LogP) is 2.83. The Morgan fingerprint density at radius 2 is 2.18 bits per heavy atom. The van der Waals surface area contributed by atoms with Gasteiger partial charge in [0.1, 0.15) is 4.88 Å². The summed E-state index contributed by atoms with van der Waals surface area (Å²) < 4.78 is 0. The Hall–Kier alpha value is -1.01. The van der Waals surface area contributed by atoms with Crippen molar-refractivity contribution in [3.63, 3.8) is 0 Å². The Balaban J connectivity index is 2.60. The summed E-state index contributed by atoms with van der Waals surface area (Å²) in [7, 11) is 0. The summed E-state index contributed by atoms with van der Waals surface area (Å²) in [5.74, 6) is -0.664. The zero-order chi connectivity index (χ0) is 13.0. The topological polar surface area (TPSA) is 66.4 Å². The van der Waals surface area contributed by atoms with Gasteiger partial charge in [-0.25, -0.2) is 4.79 Å². The van der Waals surface area contributed by atoms with Gasteiger partial charge in [0.05, 0.1) is 10.8 Å². The molecule has 0 aliphatic heterocycles. The molecule has 0 unspecified atom stereocenters. The smallest absolute Gasteiger partial charge is 0.346 e. The fraction of sp³-hybridized carbons (Fsp3) is 0.455. The molecule has 1 aromatic rings. The molecule has 0 aliphatic carbocycles. The fourth-order valence-electron chi connectivity index (χ4n) is 1.17. The first-order valence-electron chi connectivity index (χ1n) is 5.15. The van der Waals surface area contributed by atoms with Crippen LogP contribution in [0.1, 0.15) is 29.1 Å². The first-order valence-corrected chi connectivity index (χ1v) is 7.02. The summed E-state index contributed by atoms with van der Waals surface area (Å²) in [6.07, 6.45) is 0. The number of aryl methyl sites for hydroxylation is 1. The van der Waals surface area contributed by atoms with Crippen molar-refractivity contribution in [1.29, 1.82) is 0 Å². The summed E-state index contributed by atoms with van der Waals surface area (Å²) in [5, 5.41) is 12.6. The van der Waals surface area contributed by atoms with E-state index < -0.39 is 5.97 Å². The summed E-state index contributed by atoms with van der Waals surface area (Å²) in [5.41, 5.74) is 0.675. The quantitative estimate of drug-likeness (QED) is 0.865. The van der Waals surface area contributed by atoms with Gasteiger partial charge in [-0.3, -0.25) is 4.79 Å². The van der Waals surface area contributed by atoms with E-state index in [0.29, 0.717) is 21.6 Å². The number of thiophene rings is 1. The average molecular weight is 273 g/mol. The lowest BCUT2D eigenvalue weighted by molar-refractivity contribution is -0.113. The van der Waals surface area contributed by atoms with E-state index in [1.165, 1.54) is 0 Å². The summed E-state index contributed by atoms with van der Waals surface area (Å²) in [4.78, 5) is 22.6. The van der Waals surface area contributed by atoms with Crippen LogP contribution in [0.15, 0.2) is 6.07 Å². The van der Waals surface area contributed by atoms with Crippen LogP contribution < -0.4 is 5.32 Å². The van der Waals surface area contributed by atoms with Crippen molar-refractivity contribution in [3.8, 4) is 0 Å². The maximum absolute atomic E-state index is 11.5. The van der Waals surface area contributed by atoms with Crippen molar-refractivity contribution in [2.45, 2.75) is 26.0 Å². The number of rotatable bonds is 5. The summed E-state index contributed by atoms with van der Waals surface area (Å²) in [6, 6.07) is 1.69. The highest BCUT2D eigenvalue weighted by atomic mass is 32.2. The molecule has 0 radical (unpaired) electrons. The summed E-state index contributed by atoms with van der Waals surface area (Å²) in [6.45, 7) is 5.77. The Labute approximate surface area is 108 Å². The number of carbonyl (C=O) groups excluding carboxylic acids is 1. The van der Waals surface area contributed by atoms with Gasteiger partial charge < -0.3 is 10.4 Å². The van der Waals surface area contributed by atoms with Crippen molar-refractivity contribution in [2.24, 2.45) is 0 Å². The maximum atomic E-state index is 11.5. The van der Waals surface area contributed by atoms with Crippen LogP contribution in [0.2, 0.25) is 0 Å². The number of carboxylic acids is 1. The van der Waals surface area contributed by atoms with Crippen molar-refractivity contribution in [3.05, 3.63) is 16.5 Å². The normalized spacial score (nSPS) is 10.6. The zero-order valence-corrected chi connectivity index (χ0v) is 11.6. The maximum Gasteiger partial charge on any atom is 0.346 e. The Morgan fingerprint density at radius 3 is 2.65 bits per heavy atom. The molecule has 0 bridgehead atoms. The highest BCUT2D eigenvalue weighted by Gasteiger charge is 2.13. The van der Waals surface area contributed by atoms with Crippen molar-refractivity contribution < 1.29 is 14.7 Å². The van der Waals surface area contributed by atoms with Gasteiger partial charge in [0, 0.05) is 0 Å². The Morgan fingerprint density at radius 1 is 1.53 bits per heavy atom. The number of aromatic carboxylic acids is 1. The third kappa shape index (κ3) is 4.40. The van der Waals surface area contributed by atoms with E-state index in [2.05, 4.69) is 5.32 Å². The molecule has 0 aromatic carbocycles. The van der Waals surface area contributed by atoms with Crippen LogP contribution >= 0.6 is 23.1 Å². The van der Waals surface area contributed by atoms with E-state index in [9.17, 15) is 9.59 Å². The molecule has 6 heteroatoms. The lowest BCUT2D eigenvalue weighted by atomic mass is 10.3. The van der Waals surface area contributed by atoms with Crippen molar-refractivity contribution >= 4 is 40.0 Å². The highest BCUT2D eigenvalue weighted by Crippen LogP contribution is 2.26. The molecule has 2 N–H and O–H groups in total. The molecule has 4 nitrogen and oxygen atoms in total. The van der Waals surface area contributed by atoms with Gasteiger partial charge in [0.2, 0.25) is 5.91 Å². The first kappa shape index (κ1) is 14.1. The lowest BCUT2D eigenvalue weighted by Crippen LogP contribution is -2.14. The monoisotopic (exact) mass is 273 g/mol. The minimum Gasteiger partial charge on any atom is -0.477 e. The van der Waals surface area contributed by atoms with Gasteiger partial charge in [-0.2, -0.15) is 0 Å². The molecule has 17 heavy (non-hydrogen) atoms. The van der Waals surface area contributed by atoms with Crippen LogP contribution in [0.25, 0.3) is 0 Å². The molecule has 0 saturated heterocycles. The molecule has 1 rings (SSSR count). The average Bonchev–Trinajstić information content (AvgIpc) is 2.56. The molecule has 0 aliphatic rings. The first-order chi connectivity index (χ1) is 7.90. The molecule has 0 spiro atoms. The minimum absolute atomic E-state index is 0.0955. The molecule has 94 valence electrons. The van der Waals surface area contributed by atoms with Crippen molar-refractivity contribution in [2.75, 3.05) is 11.1 Å². The minimum atomic E-state index is -0.954. The second-order valence-electron chi connectivity index (χ2n) is 3.84. The number of amides is 1. The van der Waals surface area contributed by atoms with E-state index in [1.807, 2.05) is 13.8 Å². The number of hydrogen-bond acceptors (Lipinski definition) is 4. The molecule has 1 amide bonds. The number of thioether (sulfide) groups is 1. The number of hydrogen-bond donors (Lipinski definition) is 2. The van der Waals surface area contributed by atoms with E-state index >= 15 is 0 Å². The molecule has 1 heterocycles. The van der Waals surface area contributed by atoms with Gasteiger partial charge in [-0.1, -0.05) is 13.8 Å². The largest absolute Gasteiger partial charge is 0.477 e. The number of carboxylic acid groups (broad SMARTS) is 1. The number of carbonyl (C=O) groups is 2. The van der Waals surface area contributed by atoms with Crippen LogP contribution in [0.3, 0.4) is 0 Å². The standard InChI is InChI=1S/C11H15NO3S2/c1-6(2)16-5-8(13)12-9-4-7(3)10(17-9)11(14)15/h4,6H,5H2,1-3H3,(H,12,13)(H,14,15). The van der Waals surface area contributed by atoms with Gasteiger partial charge in [0.25, 0.3) is 0 Å².